The zero-order chi connectivity index (χ0) is 13.0. The summed E-state index contributed by atoms with van der Waals surface area (Å²) >= 11 is 1.08. The molecule has 0 amide bonds. The normalized spacial score (nSPS) is 10.9. The summed E-state index contributed by atoms with van der Waals surface area (Å²) in [6, 6.07) is 6.32. The molecule has 0 atom stereocenters. The summed E-state index contributed by atoms with van der Waals surface area (Å²) in [7, 11) is 0. The molecule has 0 aliphatic rings. The molecule has 2 rings (SSSR count). The van der Waals surface area contributed by atoms with E-state index in [0.29, 0.717) is 10.8 Å². The van der Waals surface area contributed by atoms with Gasteiger partial charge in [0.1, 0.15) is 5.75 Å². The van der Waals surface area contributed by atoms with Gasteiger partial charge in [-0.15, -0.1) is 5.10 Å². The maximum atomic E-state index is 10.3. The van der Waals surface area contributed by atoms with Crippen LogP contribution in [0, 0.1) is 0 Å². The van der Waals surface area contributed by atoms with Crippen LogP contribution in [-0.4, -0.2) is 36.4 Å². The van der Waals surface area contributed by atoms with E-state index in [9.17, 15) is 9.90 Å². The van der Waals surface area contributed by atoms with Crippen molar-refractivity contribution in [2.75, 3.05) is 0 Å². The molecule has 0 saturated carbocycles. The number of carboxylic acids is 1. The largest absolute Gasteiger partial charge is 0.508 e. The number of phenols is 1. The lowest BCUT2D eigenvalue weighted by molar-refractivity contribution is -0.131. The van der Waals surface area contributed by atoms with Crippen LogP contribution in [0.25, 0.3) is 5.69 Å². The van der Waals surface area contributed by atoms with Gasteiger partial charge in [0.05, 0.1) is 5.69 Å². The molecule has 0 bridgehead atoms. The van der Waals surface area contributed by atoms with Gasteiger partial charge in [0.25, 0.3) is 0 Å². The Kier molecular flexibility index (Phi) is 3.58. The molecule has 0 aliphatic heterocycles. The highest BCUT2D eigenvalue weighted by atomic mass is 32.2. The summed E-state index contributed by atoms with van der Waals surface area (Å²) in [5, 5.41) is 30.5. The van der Waals surface area contributed by atoms with Gasteiger partial charge in [-0.3, -0.25) is 0 Å². The standard InChI is InChI=1S/C10H8N4O3S/c15-8-3-1-7(2-4-8)14-10(11-12-13-14)18-6-5-9(16)17/h1-6,15H,(H,16,17). The number of aliphatic carboxylic acids is 1. The Bertz CT molecular complexity index is 579. The van der Waals surface area contributed by atoms with Crippen LogP contribution in [0.3, 0.4) is 0 Å². The average Bonchev–Trinajstić information content (AvgIpc) is 2.78. The summed E-state index contributed by atoms with van der Waals surface area (Å²) in [6.45, 7) is 0. The molecule has 7 nitrogen and oxygen atoms in total. The molecule has 0 spiro atoms. The minimum atomic E-state index is -1.04. The lowest BCUT2D eigenvalue weighted by atomic mass is 10.3. The van der Waals surface area contributed by atoms with Gasteiger partial charge in [-0.2, -0.15) is 4.68 Å². The Balaban J connectivity index is 2.22. The van der Waals surface area contributed by atoms with Crippen molar-refractivity contribution < 1.29 is 15.0 Å². The molecule has 0 fully saturated rings. The second-order valence-electron chi connectivity index (χ2n) is 3.15. The molecule has 0 radical (unpaired) electrons. The van der Waals surface area contributed by atoms with E-state index in [2.05, 4.69) is 15.5 Å². The van der Waals surface area contributed by atoms with Crippen molar-refractivity contribution in [1.82, 2.24) is 20.2 Å². The number of hydrogen-bond donors (Lipinski definition) is 2. The van der Waals surface area contributed by atoms with Gasteiger partial charge in [-0.05, 0) is 40.1 Å². The maximum Gasteiger partial charge on any atom is 0.328 e. The molecular weight excluding hydrogens is 256 g/mol. The Morgan fingerprint density at radius 1 is 1.33 bits per heavy atom. The molecule has 2 N–H and O–H groups in total. The zero-order valence-electron chi connectivity index (χ0n) is 8.96. The predicted octanol–water partition coefficient (Wildman–Crippen LogP) is 1.06. The molecule has 92 valence electrons. The molecule has 1 heterocycles. The fraction of sp³-hybridized carbons (Fsp3) is 0. The van der Waals surface area contributed by atoms with Crippen LogP contribution in [0.2, 0.25) is 0 Å². The highest BCUT2D eigenvalue weighted by molar-refractivity contribution is 8.02. The summed E-state index contributed by atoms with van der Waals surface area (Å²) in [5.41, 5.74) is 0.670. The molecule has 1 aromatic heterocycles. The first kappa shape index (κ1) is 12.1. The quantitative estimate of drug-likeness (QED) is 0.628. The topological polar surface area (TPSA) is 101 Å². The van der Waals surface area contributed by atoms with Crippen molar-refractivity contribution in [3.05, 3.63) is 35.7 Å². The third-order valence-corrected chi connectivity index (χ3v) is 2.66. The van der Waals surface area contributed by atoms with Crippen LogP contribution < -0.4 is 0 Å². The number of nitrogens with zero attached hydrogens (tertiary/aromatic N) is 4. The van der Waals surface area contributed by atoms with Gasteiger partial charge in [0.2, 0.25) is 5.16 Å². The van der Waals surface area contributed by atoms with Crippen molar-refractivity contribution >= 4 is 17.7 Å². The number of aromatic hydroxyl groups is 1. The third-order valence-electron chi connectivity index (χ3n) is 1.92. The molecule has 0 aliphatic carbocycles. The van der Waals surface area contributed by atoms with Crippen molar-refractivity contribution in [2.45, 2.75) is 5.16 Å². The smallest absolute Gasteiger partial charge is 0.328 e. The van der Waals surface area contributed by atoms with Crippen molar-refractivity contribution in [3.8, 4) is 11.4 Å². The predicted molar refractivity (Wildman–Crippen MR) is 63.5 cm³/mol. The number of hydrogen-bond acceptors (Lipinski definition) is 6. The molecule has 0 unspecified atom stereocenters. The van der Waals surface area contributed by atoms with Crippen LogP contribution in [-0.2, 0) is 4.79 Å². The fourth-order valence-corrected chi connectivity index (χ4v) is 1.79. The van der Waals surface area contributed by atoms with Crippen molar-refractivity contribution in [2.24, 2.45) is 0 Å². The highest BCUT2D eigenvalue weighted by Gasteiger charge is 2.07. The molecule has 18 heavy (non-hydrogen) atoms. The summed E-state index contributed by atoms with van der Waals surface area (Å²) in [4.78, 5) is 10.3. The molecular formula is C10H8N4O3S. The van der Waals surface area contributed by atoms with Gasteiger partial charge < -0.3 is 10.2 Å². The van der Waals surface area contributed by atoms with Gasteiger partial charge >= 0.3 is 5.97 Å². The van der Waals surface area contributed by atoms with E-state index in [4.69, 9.17) is 5.11 Å². The van der Waals surface area contributed by atoms with Gasteiger partial charge in [0.15, 0.2) is 0 Å². The molecule has 0 saturated heterocycles. The number of tetrazole rings is 1. The zero-order valence-corrected chi connectivity index (χ0v) is 9.78. The van der Waals surface area contributed by atoms with Crippen molar-refractivity contribution in [3.63, 3.8) is 0 Å². The van der Waals surface area contributed by atoms with Crippen LogP contribution in [0.15, 0.2) is 40.9 Å². The van der Waals surface area contributed by atoms with E-state index >= 15 is 0 Å². The first-order valence-electron chi connectivity index (χ1n) is 4.81. The first-order chi connectivity index (χ1) is 8.66. The minimum Gasteiger partial charge on any atom is -0.508 e. The number of aromatic nitrogens is 4. The number of carbonyl (C=O) groups is 1. The van der Waals surface area contributed by atoms with Crippen LogP contribution >= 0.6 is 11.8 Å². The Morgan fingerprint density at radius 3 is 2.72 bits per heavy atom. The molecule has 1 aromatic carbocycles. The summed E-state index contributed by atoms with van der Waals surface area (Å²) in [5.74, 6) is -0.891. The van der Waals surface area contributed by atoms with E-state index in [-0.39, 0.29) is 5.75 Å². The van der Waals surface area contributed by atoms with Crippen LogP contribution in [0.1, 0.15) is 0 Å². The van der Waals surface area contributed by atoms with Gasteiger partial charge in [0, 0.05) is 6.08 Å². The van der Waals surface area contributed by atoms with E-state index in [1.54, 1.807) is 12.1 Å². The van der Waals surface area contributed by atoms with E-state index in [1.807, 2.05) is 0 Å². The SMILES string of the molecule is O=C(O)C=CSc1nnnn1-c1ccc(O)cc1. The number of rotatable bonds is 4. The minimum absolute atomic E-state index is 0.145. The van der Waals surface area contributed by atoms with E-state index in [0.717, 1.165) is 17.8 Å². The van der Waals surface area contributed by atoms with Crippen LogP contribution in [0.4, 0.5) is 0 Å². The van der Waals surface area contributed by atoms with Gasteiger partial charge in [-0.25, -0.2) is 4.79 Å². The number of phenolic OH excluding ortho intramolecular Hbond substituents is 1. The summed E-state index contributed by atoms with van der Waals surface area (Å²) < 4.78 is 1.44. The monoisotopic (exact) mass is 264 g/mol. The number of benzene rings is 1. The fourth-order valence-electron chi connectivity index (χ4n) is 1.16. The summed E-state index contributed by atoms with van der Waals surface area (Å²) in [6.07, 6.45) is 1.00. The molecule has 8 heteroatoms. The Labute approximate surface area is 106 Å². The number of thioether (sulfide) groups is 1. The van der Waals surface area contributed by atoms with E-state index in [1.165, 1.54) is 22.2 Å². The lowest BCUT2D eigenvalue weighted by Crippen LogP contribution is -1.97. The third kappa shape index (κ3) is 2.86. The molecule has 2 aromatic rings. The highest BCUT2D eigenvalue weighted by Crippen LogP contribution is 2.20. The maximum absolute atomic E-state index is 10.3. The number of carboxylic acid groups (broad SMARTS) is 1. The first-order valence-corrected chi connectivity index (χ1v) is 5.69. The Morgan fingerprint density at radius 2 is 2.06 bits per heavy atom. The van der Waals surface area contributed by atoms with Gasteiger partial charge in [-0.1, -0.05) is 11.8 Å². The van der Waals surface area contributed by atoms with E-state index < -0.39 is 5.97 Å². The van der Waals surface area contributed by atoms with Crippen LogP contribution in [0.5, 0.6) is 5.75 Å². The van der Waals surface area contributed by atoms with Crippen molar-refractivity contribution in [1.29, 1.82) is 0 Å². The lowest BCUT2D eigenvalue weighted by Gasteiger charge is -2.01. The second kappa shape index (κ2) is 5.32. The second-order valence-corrected chi connectivity index (χ2v) is 4.02. The average molecular weight is 264 g/mol. The Hall–Kier alpha value is -2.35.